The summed E-state index contributed by atoms with van der Waals surface area (Å²) in [6.07, 6.45) is 0. The number of para-hydroxylation sites is 2. The molecule has 0 fully saturated rings. The van der Waals surface area contributed by atoms with Crippen molar-refractivity contribution in [1.82, 2.24) is 10.3 Å². The highest BCUT2D eigenvalue weighted by molar-refractivity contribution is 5.39. The molecule has 0 saturated carbocycles. The molecular formula is C17H22N2O2. The fraction of sp³-hybridized carbons (Fsp3) is 0.353. The summed E-state index contributed by atoms with van der Waals surface area (Å²) >= 11 is 0. The molecule has 0 aliphatic rings. The van der Waals surface area contributed by atoms with Crippen molar-refractivity contribution in [2.45, 2.75) is 33.0 Å². The highest BCUT2D eigenvalue weighted by Gasteiger charge is 2.04. The summed E-state index contributed by atoms with van der Waals surface area (Å²) in [6, 6.07) is 14.0. The van der Waals surface area contributed by atoms with Crippen molar-refractivity contribution in [1.29, 1.82) is 0 Å². The van der Waals surface area contributed by atoms with Crippen molar-refractivity contribution < 1.29 is 9.47 Å². The van der Waals surface area contributed by atoms with E-state index in [1.165, 1.54) is 0 Å². The van der Waals surface area contributed by atoms with Crippen LogP contribution < -0.4 is 14.8 Å². The summed E-state index contributed by atoms with van der Waals surface area (Å²) in [5.74, 6) is 1.46. The predicted molar refractivity (Wildman–Crippen MR) is 83.5 cm³/mol. The number of aromatic nitrogens is 1. The van der Waals surface area contributed by atoms with Crippen LogP contribution in [0.15, 0.2) is 42.5 Å². The van der Waals surface area contributed by atoms with Gasteiger partial charge < -0.3 is 14.8 Å². The van der Waals surface area contributed by atoms with Crippen LogP contribution in [0.25, 0.3) is 0 Å². The molecule has 1 N–H and O–H groups in total. The van der Waals surface area contributed by atoms with E-state index in [1.54, 1.807) is 7.11 Å². The third-order valence-electron chi connectivity index (χ3n) is 3.00. The second-order valence-electron chi connectivity index (χ2n) is 5.10. The summed E-state index contributed by atoms with van der Waals surface area (Å²) in [5, 5.41) is 3.36. The Hall–Kier alpha value is -2.07. The summed E-state index contributed by atoms with van der Waals surface area (Å²) < 4.78 is 11.1. The van der Waals surface area contributed by atoms with Crippen LogP contribution in [0.5, 0.6) is 11.5 Å². The Morgan fingerprint density at radius 3 is 2.43 bits per heavy atom. The van der Waals surface area contributed by atoms with Gasteiger partial charge in [-0.2, -0.15) is 0 Å². The molecule has 4 nitrogen and oxygen atoms in total. The first-order chi connectivity index (χ1) is 10.2. The number of pyridine rings is 1. The van der Waals surface area contributed by atoms with Crippen molar-refractivity contribution in [3.8, 4) is 11.5 Å². The van der Waals surface area contributed by atoms with Gasteiger partial charge in [0.1, 0.15) is 6.61 Å². The standard InChI is InChI=1S/C17H22N2O2/c1-13(2)18-11-14-7-6-8-15(19-14)12-21-17-10-5-4-9-16(17)20-3/h4-10,13,18H,11-12H2,1-3H3. The lowest BCUT2D eigenvalue weighted by molar-refractivity contribution is 0.280. The molecule has 0 unspecified atom stereocenters. The minimum Gasteiger partial charge on any atom is -0.493 e. The predicted octanol–water partition coefficient (Wildman–Crippen LogP) is 3.17. The maximum Gasteiger partial charge on any atom is 0.161 e. The van der Waals surface area contributed by atoms with Gasteiger partial charge in [0.25, 0.3) is 0 Å². The van der Waals surface area contributed by atoms with E-state index in [-0.39, 0.29) is 0 Å². The average molecular weight is 286 g/mol. The number of nitrogens with zero attached hydrogens (tertiary/aromatic N) is 1. The molecule has 0 spiro atoms. The third-order valence-corrected chi connectivity index (χ3v) is 3.00. The Morgan fingerprint density at radius 1 is 1.00 bits per heavy atom. The fourth-order valence-electron chi connectivity index (χ4n) is 1.91. The van der Waals surface area contributed by atoms with E-state index < -0.39 is 0 Å². The molecule has 0 bridgehead atoms. The summed E-state index contributed by atoms with van der Waals surface area (Å²) in [7, 11) is 1.64. The first-order valence-corrected chi connectivity index (χ1v) is 7.13. The lowest BCUT2D eigenvalue weighted by Gasteiger charge is -2.11. The van der Waals surface area contributed by atoms with Gasteiger partial charge >= 0.3 is 0 Å². The van der Waals surface area contributed by atoms with Crippen LogP contribution in [0.4, 0.5) is 0 Å². The molecule has 0 aliphatic carbocycles. The van der Waals surface area contributed by atoms with Gasteiger partial charge in [0.15, 0.2) is 11.5 Å². The topological polar surface area (TPSA) is 43.4 Å². The number of rotatable bonds is 7. The second-order valence-corrected chi connectivity index (χ2v) is 5.10. The van der Waals surface area contributed by atoms with E-state index in [4.69, 9.17) is 9.47 Å². The molecule has 0 saturated heterocycles. The van der Waals surface area contributed by atoms with Crippen LogP contribution in [0, 0.1) is 0 Å². The van der Waals surface area contributed by atoms with Gasteiger partial charge in [-0.1, -0.05) is 32.0 Å². The number of hydrogen-bond acceptors (Lipinski definition) is 4. The SMILES string of the molecule is COc1ccccc1OCc1cccc(CNC(C)C)n1. The zero-order valence-electron chi connectivity index (χ0n) is 12.8. The zero-order chi connectivity index (χ0) is 15.1. The van der Waals surface area contributed by atoms with E-state index in [2.05, 4.69) is 24.1 Å². The Bertz CT molecular complexity index is 570. The highest BCUT2D eigenvalue weighted by atomic mass is 16.5. The maximum absolute atomic E-state index is 5.79. The molecule has 0 radical (unpaired) electrons. The zero-order valence-corrected chi connectivity index (χ0v) is 12.8. The van der Waals surface area contributed by atoms with E-state index in [1.807, 2.05) is 42.5 Å². The Labute approximate surface area is 126 Å². The monoisotopic (exact) mass is 286 g/mol. The van der Waals surface area contributed by atoms with Crippen LogP contribution in [0.3, 0.4) is 0 Å². The molecular weight excluding hydrogens is 264 g/mol. The summed E-state index contributed by atoms with van der Waals surface area (Å²) in [4.78, 5) is 4.59. The first kappa shape index (κ1) is 15.3. The molecule has 21 heavy (non-hydrogen) atoms. The number of hydrogen-bond donors (Lipinski definition) is 1. The van der Waals surface area contributed by atoms with Crippen molar-refractivity contribution in [3.05, 3.63) is 53.9 Å². The summed E-state index contributed by atoms with van der Waals surface area (Å²) in [5.41, 5.74) is 1.92. The third kappa shape index (κ3) is 4.76. The number of benzene rings is 1. The highest BCUT2D eigenvalue weighted by Crippen LogP contribution is 2.26. The maximum atomic E-state index is 5.79. The van der Waals surface area contributed by atoms with Gasteiger partial charge in [-0.25, -0.2) is 0 Å². The number of nitrogens with one attached hydrogen (secondary N) is 1. The average Bonchev–Trinajstić information content (AvgIpc) is 2.51. The lowest BCUT2D eigenvalue weighted by atomic mass is 10.3. The van der Waals surface area contributed by atoms with Crippen LogP contribution in [0.2, 0.25) is 0 Å². The molecule has 1 heterocycles. The Kier molecular flexibility index (Phi) is 5.58. The van der Waals surface area contributed by atoms with Crippen LogP contribution in [-0.4, -0.2) is 18.1 Å². The molecule has 2 aromatic rings. The minimum absolute atomic E-state index is 0.426. The molecule has 0 aliphatic heterocycles. The van der Waals surface area contributed by atoms with Gasteiger partial charge in [-0.3, -0.25) is 4.98 Å². The van der Waals surface area contributed by atoms with Gasteiger partial charge in [-0.05, 0) is 24.3 Å². The van der Waals surface area contributed by atoms with Crippen molar-refractivity contribution in [2.75, 3.05) is 7.11 Å². The molecule has 2 rings (SSSR count). The van der Waals surface area contributed by atoms with E-state index in [9.17, 15) is 0 Å². The van der Waals surface area contributed by atoms with Crippen LogP contribution in [-0.2, 0) is 13.2 Å². The fourth-order valence-corrected chi connectivity index (χ4v) is 1.91. The van der Waals surface area contributed by atoms with Gasteiger partial charge in [-0.15, -0.1) is 0 Å². The molecule has 1 aromatic carbocycles. The van der Waals surface area contributed by atoms with E-state index in [0.717, 1.165) is 29.4 Å². The number of ether oxygens (including phenoxy) is 2. The smallest absolute Gasteiger partial charge is 0.161 e. The quantitative estimate of drug-likeness (QED) is 0.849. The van der Waals surface area contributed by atoms with Crippen molar-refractivity contribution in [2.24, 2.45) is 0 Å². The van der Waals surface area contributed by atoms with Crippen molar-refractivity contribution in [3.63, 3.8) is 0 Å². The Morgan fingerprint density at radius 2 is 1.71 bits per heavy atom. The van der Waals surface area contributed by atoms with Crippen molar-refractivity contribution >= 4 is 0 Å². The molecule has 4 heteroatoms. The van der Waals surface area contributed by atoms with Crippen LogP contribution in [0.1, 0.15) is 25.2 Å². The van der Waals surface area contributed by atoms with Crippen LogP contribution >= 0.6 is 0 Å². The molecule has 112 valence electrons. The lowest BCUT2D eigenvalue weighted by Crippen LogP contribution is -2.22. The van der Waals surface area contributed by atoms with E-state index in [0.29, 0.717) is 12.6 Å². The van der Waals surface area contributed by atoms with E-state index >= 15 is 0 Å². The number of methoxy groups -OCH3 is 1. The molecule has 0 atom stereocenters. The molecule has 1 aromatic heterocycles. The minimum atomic E-state index is 0.426. The van der Waals surface area contributed by atoms with Gasteiger partial charge in [0.05, 0.1) is 18.5 Å². The normalized spacial score (nSPS) is 10.7. The largest absolute Gasteiger partial charge is 0.493 e. The molecule has 0 amide bonds. The summed E-state index contributed by atoms with van der Waals surface area (Å²) in [6.45, 7) is 5.43. The van der Waals surface area contributed by atoms with Gasteiger partial charge in [0.2, 0.25) is 0 Å². The first-order valence-electron chi connectivity index (χ1n) is 7.13. The van der Waals surface area contributed by atoms with Gasteiger partial charge in [0, 0.05) is 12.6 Å². The second kappa shape index (κ2) is 7.64. The Balaban J connectivity index is 1.98.